The van der Waals surface area contributed by atoms with Crippen LogP contribution in [0.3, 0.4) is 0 Å². The van der Waals surface area contributed by atoms with E-state index in [1.807, 2.05) is 6.07 Å². The average molecular weight is 343 g/mol. The molecule has 0 N–H and O–H groups in total. The quantitative estimate of drug-likeness (QED) is 0.329. The van der Waals surface area contributed by atoms with Crippen LogP contribution in [-0.2, 0) is 12.8 Å². The Morgan fingerprint density at radius 1 is 0.760 bits per heavy atom. The van der Waals surface area contributed by atoms with E-state index in [-0.39, 0.29) is 0 Å². The Hall–Kier alpha value is -2.31. The molecule has 122 valence electrons. The number of rotatable bonds is 1. The number of fused-ring (bicyclic) bond motifs is 5. The molecular formula is C24H19Cl. The third kappa shape index (κ3) is 2.53. The van der Waals surface area contributed by atoms with Crippen molar-refractivity contribution in [3.8, 4) is 0 Å². The molecule has 1 heteroatoms. The van der Waals surface area contributed by atoms with Crippen molar-refractivity contribution >= 4 is 33.1 Å². The molecule has 1 aliphatic carbocycles. The zero-order valence-corrected chi connectivity index (χ0v) is 14.8. The summed E-state index contributed by atoms with van der Waals surface area (Å²) in [4.78, 5) is 0. The van der Waals surface area contributed by atoms with Crippen LogP contribution in [0, 0.1) is 0 Å². The summed E-state index contributed by atoms with van der Waals surface area (Å²) in [5.74, 6) is 0.644. The van der Waals surface area contributed by atoms with Gasteiger partial charge in [-0.05, 0) is 75.5 Å². The maximum Gasteiger partial charge on any atom is 0.0412 e. The lowest BCUT2D eigenvalue weighted by molar-refractivity contribution is 0.588. The SMILES string of the molecule is Clc1ccc2c(ccc3c4c(ccc32)C[C@H](c2ccccc2)CC4)c1. The minimum Gasteiger partial charge on any atom is -0.0843 e. The Bertz CT molecular complexity index is 1080. The van der Waals surface area contributed by atoms with Crippen LogP contribution in [0.2, 0.25) is 5.02 Å². The van der Waals surface area contributed by atoms with Crippen molar-refractivity contribution in [2.24, 2.45) is 0 Å². The van der Waals surface area contributed by atoms with Gasteiger partial charge in [0.05, 0.1) is 0 Å². The van der Waals surface area contributed by atoms with Gasteiger partial charge in [0.1, 0.15) is 0 Å². The second kappa shape index (κ2) is 5.89. The molecule has 25 heavy (non-hydrogen) atoms. The van der Waals surface area contributed by atoms with Crippen LogP contribution in [-0.4, -0.2) is 0 Å². The molecule has 0 aliphatic heterocycles. The first-order chi connectivity index (χ1) is 12.3. The Morgan fingerprint density at radius 3 is 2.44 bits per heavy atom. The molecule has 0 nitrogen and oxygen atoms in total. The van der Waals surface area contributed by atoms with Gasteiger partial charge in [-0.25, -0.2) is 0 Å². The third-order valence-electron chi connectivity index (χ3n) is 5.67. The summed E-state index contributed by atoms with van der Waals surface area (Å²) in [6, 6.07) is 26.3. The largest absolute Gasteiger partial charge is 0.0843 e. The summed E-state index contributed by atoms with van der Waals surface area (Å²) in [6.07, 6.45) is 3.54. The van der Waals surface area contributed by atoms with Crippen LogP contribution in [0.4, 0.5) is 0 Å². The summed E-state index contributed by atoms with van der Waals surface area (Å²) >= 11 is 6.16. The van der Waals surface area contributed by atoms with E-state index < -0.39 is 0 Å². The zero-order valence-electron chi connectivity index (χ0n) is 14.0. The highest BCUT2D eigenvalue weighted by atomic mass is 35.5. The third-order valence-corrected chi connectivity index (χ3v) is 5.90. The van der Waals surface area contributed by atoms with Crippen LogP contribution in [0.5, 0.6) is 0 Å². The van der Waals surface area contributed by atoms with Crippen LogP contribution < -0.4 is 0 Å². The first-order valence-electron chi connectivity index (χ1n) is 8.97. The standard InChI is InChI=1S/C24H19Cl/c25-20-9-13-22-19(15-20)8-12-23-21-10-6-17(16-4-2-1-3-5-16)14-18(21)7-11-24(22)23/h1-5,7-9,11-13,15,17H,6,10,14H2/t17-/m1/s1. The Labute approximate surface area is 153 Å². The zero-order chi connectivity index (χ0) is 16.8. The number of hydrogen-bond acceptors (Lipinski definition) is 0. The second-order valence-corrected chi connectivity index (χ2v) is 7.52. The highest BCUT2D eigenvalue weighted by Gasteiger charge is 2.21. The van der Waals surface area contributed by atoms with Crippen molar-refractivity contribution in [3.05, 3.63) is 94.5 Å². The number of aryl methyl sites for hydroxylation is 1. The first kappa shape index (κ1) is 15.0. The van der Waals surface area contributed by atoms with E-state index in [4.69, 9.17) is 11.6 Å². The van der Waals surface area contributed by atoms with Gasteiger partial charge in [-0.3, -0.25) is 0 Å². The molecule has 1 atom stereocenters. The van der Waals surface area contributed by atoms with Crippen molar-refractivity contribution < 1.29 is 0 Å². The van der Waals surface area contributed by atoms with Gasteiger partial charge in [-0.15, -0.1) is 0 Å². The monoisotopic (exact) mass is 342 g/mol. The van der Waals surface area contributed by atoms with Gasteiger partial charge in [0.25, 0.3) is 0 Å². The maximum absolute atomic E-state index is 6.16. The van der Waals surface area contributed by atoms with E-state index in [1.54, 1.807) is 5.56 Å². The van der Waals surface area contributed by atoms with Crippen molar-refractivity contribution in [2.75, 3.05) is 0 Å². The van der Waals surface area contributed by atoms with E-state index in [0.29, 0.717) is 5.92 Å². The van der Waals surface area contributed by atoms with E-state index in [9.17, 15) is 0 Å². The smallest absolute Gasteiger partial charge is 0.0412 e. The summed E-state index contributed by atoms with van der Waals surface area (Å²) in [6.45, 7) is 0. The van der Waals surface area contributed by atoms with Crippen molar-refractivity contribution in [3.63, 3.8) is 0 Å². The average Bonchev–Trinajstić information content (AvgIpc) is 2.67. The van der Waals surface area contributed by atoms with Crippen molar-refractivity contribution in [2.45, 2.75) is 25.2 Å². The molecule has 0 aromatic heterocycles. The fourth-order valence-electron chi connectivity index (χ4n) is 4.41. The summed E-state index contributed by atoms with van der Waals surface area (Å²) in [7, 11) is 0. The predicted octanol–water partition coefficient (Wildman–Crippen LogP) is 6.92. The Kier molecular flexibility index (Phi) is 3.53. The van der Waals surface area contributed by atoms with E-state index in [1.165, 1.54) is 39.1 Å². The number of hydrogen-bond donors (Lipinski definition) is 0. The lowest BCUT2D eigenvalue weighted by atomic mass is 9.78. The topological polar surface area (TPSA) is 0 Å². The fraction of sp³-hybridized carbons (Fsp3) is 0.167. The van der Waals surface area contributed by atoms with E-state index in [2.05, 4.69) is 66.7 Å². The molecule has 0 spiro atoms. The molecule has 0 unspecified atom stereocenters. The summed E-state index contributed by atoms with van der Waals surface area (Å²) in [5.41, 5.74) is 4.53. The molecular weight excluding hydrogens is 324 g/mol. The first-order valence-corrected chi connectivity index (χ1v) is 9.35. The van der Waals surface area contributed by atoms with Crippen LogP contribution in [0.15, 0.2) is 72.8 Å². The molecule has 0 bridgehead atoms. The Morgan fingerprint density at radius 2 is 1.56 bits per heavy atom. The van der Waals surface area contributed by atoms with Crippen LogP contribution >= 0.6 is 11.6 Å². The van der Waals surface area contributed by atoms with E-state index >= 15 is 0 Å². The molecule has 4 aromatic rings. The highest BCUT2D eigenvalue weighted by Crippen LogP contribution is 2.38. The number of halogens is 1. The molecule has 4 aromatic carbocycles. The molecule has 0 radical (unpaired) electrons. The van der Waals surface area contributed by atoms with Gasteiger partial charge in [-0.1, -0.05) is 72.3 Å². The molecule has 0 amide bonds. The molecule has 5 rings (SSSR count). The van der Waals surface area contributed by atoms with Crippen LogP contribution in [0.1, 0.15) is 29.0 Å². The normalized spacial score (nSPS) is 16.9. The maximum atomic E-state index is 6.16. The van der Waals surface area contributed by atoms with Gasteiger partial charge >= 0.3 is 0 Å². The molecule has 1 aliphatic rings. The molecule has 0 fully saturated rings. The highest BCUT2D eigenvalue weighted by molar-refractivity contribution is 6.31. The van der Waals surface area contributed by atoms with Gasteiger partial charge < -0.3 is 0 Å². The van der Waals surface area contributed by atoms with Gasteiger partial charge in [0.2, 0.25) is 0 Å². The fourth-order valence-corrected chi connectivity index (χ4v) is 4.59. The molecule has 0 saturated carbocycles. The van der Waals surface area contributed by atoms with Gasteiger partial charge in [0, 0.05) is 5.02 Å². The summed E-state index contributed by atoms with van der Waals surface area (Å²) in [5, 5.41) is 6.09. The van der Waals surface area contributed by atoms with Crippen molar-refractivity contribution in [1.29, 1.82) is 0 Å². The Balaban J connectivity index is 1.63. The minimum atomic E-state index is 0.644. The minimum absolute atomic E-state index is 0.644. The second-order valence-electron chi connectivity index (χ2n) is 7.08. The predicted molar refractivity (Wildman–Crippen MR) is 108 cm³/mol. The number of benzene rings is 4. The summed E-state index contributed by atoms with van der Waals surface area (Å²) < 4.78 is 0. The van der Waals surface area contributed by atoms with Gasteiger partial charge in [-0.2, -0.15) is 0 Å². The molecule has 0 saturated heterocycles. The van der Waals surface area contributed by atoms with E-state index in [0.717, 1.165) is 17.9 Å². The lowest BCUT2D eigenvalue weighted by Crippen LogP contribution is -2.13. The van der Waals surface area contributed by atoms with Crippen LogP contribution in [0.25, 0.3) is 21.5 Å². The molecule has 0 heterocycles. The lowest BCUT2D eigenvalue weighted by Gasteiger charge is -2.26. The van der Waals surface area contributed by atoms with Gasteiger partial charge in [0.15, 0.2) is 0 Å². The van der Waals surface area contributed by atoms with Crippen molar-refractivity contribution in [1.82, 2.24) is 0 Å².